The average Bonchev–Trinajstić information content (AvgIpc) is 3.29. The summed E-state index contributed by atoms with van der Waals surface area (Å²) in [6.07, 6.45) is 10.9. The summed E-state index contributed by atoms with van der Waals surface area (Å²) in [5, 5.41) is 0. The number of rotatable bonds is 6. The van der Waals surface area contributed by atoms with Gasteiger partial charge in [-0.2, -0.15) is 0 Å². The number of benzene rings is 2. The van der Waals surface area contributed by atoms with E-state index in [-0.39, 0.29) is 24.8 Å². The van der Waals surface area contributed by atoms with Gasteiger partial charge in [0.15, 0.2) is 0 Å². The predicted molar refractivity (Wildman–Crippen MR) is 119 cm³/mol. The molecule has 0 spiro atoms. The number of hydrogen-bond donors (Lipinski definition) is 0. The van der Waals surface area contributed by atoms with Gasteiger partial charge >= 0.3 is 177 Å². The summed E-state index contributed by atoms with van der Waals surface area (Å²) in [5.41, 5.74) is 6.15. The Morgan fingerprint density at radius 2 is 1.33 bits per heavy atom. The van der Waals surface area contributed by atoms with Gasteiger partial charge < -0.3 is 24.8 Å². The van der Waals surface area contributed by atoms with Gasteiger partial charge in [0, 0.05) is 0 Å². The van der Waals surface area contributed by atoms with Gasteiger partial charge in [-0.25, -0.2) is 0 Å². The van der Waals surface area contributed by atoms with E-state index in [1.807, 2.05) is 3.81 Å². The van der Waals surface area contributed by atoms with Gasteiger partial charge in [-0.05, 0) is 0 Å². The van der Waals surface area contributed by atoms with Crippen molar-refractivity contribution in [2.24, 2.45) is 11.8 Å². The van der Waals surface area contributed by atoms with Gasteiger partial charge in [-0.15, -0.1) is 0 Å². The Hall–Kier alpha value is -0.916. The molecular weight excluding hydrogens is 443 g/mol. The molecule has 30 heavy (non-hydrogen) atoms. The maximum atomic E-state index is 2.47. The summed E-state index contributed by atoms with van der Waals surface area (Å²) in [5.74, 6) is 1.47. The molecule has 3 heteroatoms. The van der Waals surface area contributed by atoms with Crippen LogP contribution in [0.25, 0.3) is 11.1 Å². The molecule has 0 saturated heterocycles. The summed E-state index contributed by atoms with van der Waals surface area (Å²) >= 11 is -1.69. The van der Waals surface area contributed by atoms with Gasteiger partial charge in [-0.1, -0.05) is 0 Å². The number of fused-ring (bicyclic) bond motifs is 3. The topological polar surface area (TPSA) is 0 Å². The zero-order valence-electron chi connectivity index (χ0n) is 18.5. The second-order valence-corrected chi connectivity index (χ2v) is 13.4. The predicted octanol–water partition coefficient (Wildman–Crippen LogP) is 1.49. The van der Waals surface area contributed by atoms with Crippen LogP contribution in [0.3, 0.4) is 0 Å². The molecule has 2 aromatic rings. The molecule has 0 unspecified atom stereocenters. The van der Waals surface area contributed by atoms with Crippen LogP contribution in [-0.4, -0.2) is 3.81 Å². The van der Waals surface area contributed by atoms with Crippen LogP contribution in [0.5, 0.6) is 0 Å². The van der Waals surface area contributed by atoms with Crippen molar-refractivity contribution in [1.82, 2.24) is 0 Å². The molecule has 0 fully saturated rings. The fourth-order valence-electron chi connectivity index (χ4n) is 5.02. The smallest absolute Gasteiger partial charge is 1.00 e. The molecule has 0 aromatic heterocycles. The summed E-state index contributed by atoms with van der Waals surface area (Å²) in [7, 11) is 0. The maximum Gasteiger partial charge on any atom is -1.00 e. The van der Waals surface area contributed by atoms with Crippen molar-refractivity contribution in [3.05, 3.63) is 81.8 Å². The fourth-order valence-corrected chi connectivity index (χ4v) is 11.6. The largest absolute Gasteiger partial charge is 1.00 e. The third-order valence-corrected chi connectivity index (χ3v) is 11.3. The Labute approximate surface area is 201 Å². The summed E-state index contributed by atoms with van der Waals surface area (Å²) in [6.45, 7) is 9.59. The van der Waals surface area contributed by atoms with Crippen LogP contribution < -0.4 is 24.8 Å². The summed E-state index contributed by atoms with van der Waals surface area (Å²) in [6, 6.07) is 18.4. The molecule has 0 aliphatic heterocycles. The first-order chi connectivity index (χ1) is 13.6. The molecule has 0 saturated carbocycles. The zero-order valence-corrected chi connectivity index (χ0v) is 21.5. The zero-order chi connectivity index (χ0) is 19.7. The van der Waals surface area contributed by atoms with Gasteiger partial charge in [-0.3, -0.25) is 0 Å². The Morgan fingerprint density at radius 3 is 1.77 bits per heavy atom. The molecule has 0 radical (unpaired) electrons. The Balaban J connectivity index is 0.00000160. The summed E-state index contributed by atoms with van der Waals surface area (Å²) in [4.78, 5) is 0. The first-order valence-corrected chi connectivity index (χ1v) is 13.3. The van der Waals surface area contributed by atoms with E-state index in [4.69, 9.17) is 0 Å². The number of hydrogen-bond acceptors (Lipinski definition) is 0. The van der Waals surface area contributed by atoms with E-state index in [9.17, 15) is 0 Å². The van der Waals surface area contributed by atoms with Gasteiger partial charge in [0.1, 0.15) is 0 Å². The number of allylic oxidation sites excluding steroid dienone is 4. The SMILES string of the molecule is CC(C)C[C](CC(C)C)=[Ti+2]([C]1=CC=CC1)[CH]1c2ccccc2-c2ccccc21.[Cl-].[Cl-]. The van der Waals surface area contributed by atoms with E-state index in [0.717, 1.165) is 11.8 Å². The molecule has 2 aliphatic carbocycles. The molecule has 2 aliphatic rings. The van der Waals surface area contributed by atoms with Crippen molar-refractivity contribution in [2.75, 3.05) is 0 Å². The van der Waals surface area contributed by atoms with E-state index < -0.39 is 17.4 Å². The molecule has 0 N–H and O–H groups in total. The minimum Gasteiger partial charge on any atom is -1.00 e. The van der Waals surface area contributed by atoms with Crippen LogP contribution in [-0.2, 0) is 17.4 Å². The Bertz CT molecular complexity index is 909. The van der Waals surface area contributed by atoms with E-state index >= 15 is 0 Å². The quantitative estimate of drug-likeness (QED) is 0.556. The average molecular weight is 475 g/mol. The third-order valence-electron chi connectivity index (χ3n) is 5.93. The molecule has 158 valence electrons. The van der Waals surface area contributed by atoms with Crippen LogP contribution in [0, 0.1) is 11.8 Å². The van der Waals surface area contributed by atoms with Crippen molar-refractivity contribution in [1.29, 1.82) is 0 Å². The second kappa shape index (κ2) is 11.1. The standard InChI is InChI=1S/C13H9.C9H18.C5H5.2ClH.Ti/c1-3-7-12-10(5-1)9-11-6-2-4-8-13(11)12;1-8(2)6-5-7-9(3)4;1-2-4-5-3-1;;;/h1-9H;8-9H,6-7H2,1-4H3;1-3H,4H2;2*1H;/q;;;;;+2/p-2. The van der Waals surface area contributed by atoms with Crippen molar-refractivity contribution in [3.63, 3.8) is 0 Å². The summed E-state index contributed by atoms with van der Waals surface area (Å²) < 4.78 is 4.30. The molecule has 0 bridgehead atoms. The first-order valence-electron chi connectivity index (χ1n) is 10.8. The first kappa shape index (κ1) is 25.3. The van der Waals surface area contributed by atoms with E-state index in [1.54, 1.807) is 15.0 Å². The van der Waals surface area contributed by atoms with Gasteiger partial charge in [0.25, 0.3) is 0 Å². The van der Waals surface area contributed by atoms with Gasteiger partial charge in [0.05, 0.1) is 0 Å². The molecule has 4 rings (SSSR count). The van der Waals surface area contributed by atoms with Crippen LogP contribution in [0.4, 0.5) is 0 Å². The third kappa shape index (κ3) is 5.10. The minimum absolute atomic E-state index is 0. The van der Waals surface area contributed by atoms with Crippen molar-refractivity contribution >= 4 is 3.81 Å². The molecule has 0 amide bonds. The molecule has 2 aromatic carbocycles. The molecule has 0 nitrogen and oxygen atoms in total. The Kier molecular flexibility index (Phi) is 9.38. The van der Waals surface area contributed by atoms with Crippen LogP contribution in [0.1, 0.15) is 62.3 Å². The van der Waals surface area contributed by atoms with Crippen LogP contribution in [0.15, 0.2) is 70.6 Å². The van der Waals surface area contributed by atoms with Crippen molar-refractivity contribution in [3.8, 4) is 11.1 Å². The molecule has 0 atom stereocenters. The van der Waals surface area contributed by atoms with E-state index in [0.29, 0.717) is 4.22 Å². The van der Waals surface area contributed by atoms with Gasteiger partial charge in [0.2, 0.25) is 0 Å². The minimum atomic E-state index is -1.69. The Morgan fingerprint density at radius 1 is 0.833 bits per heavy atom. The van der Waals surface area contributed by atoms with E-state index in [2.05, 4.69) is 94.5 Å². The normalized spacial score (nSPS) is 13.8. The van der Waals surface area contributed by atoms with Crippen LogP contribution in [0.2, 0.25) is 0 Å². The van der Waals surface area contributed by atoms with Crippen molar-refractivity contribution < 1.29 is 42.2 Å². The second-order valence-electron chi connectivity index (χ2n) is 9.14. The fraction of sp³-hybridized carbons (Fsp3) is 0.370. The monoisotopic (exact) mass is 474 g/mol. The van der Waals surface area contributed by atoms with Crippen molar-refractivity contribution in [2.45, 2.75) is 51.2 Å². The molecular formula is C27H32Cl2Ti. The number of halogens is 2. The van der Waals surface area contributed by atoms with Crippen LogP contribution >= 0.6 is 0 Å². The maximum absolute atomic E-state index is 2.47. The molecule has 0 heterocycles. The van der Waals surface area contributed by atoms with E-state index in [1.165, 1.54) is 30.4 Å².